The average molecular weight is 504 g/mol. The van der Waals surface area contributed by atoms with E-state index in [0.29, 0.717) is 43.9 Å². The number of anilines is 1. The van der Waals surface area contributed by atoms with Crippen molar-refractivity contribution in [2.24, 2.45) is 0 Å². The fraction of sp³-hybridized carbons (Fsp3) is 0.429. The maximum Gasteiger partial charge on any atom is 0.253 e. The topological polar surface area (TPSA) is 99.1 Å². The van der Waals surface area contributed by atoms with Crippen molar-refractivity contribution in [2.45, 2.75) is 31.3 Å². The monoisotopic (exact) mass is 503 g/mol. The summed E-state index contributed by atoms with van der Waals surface area (Å²) in [6.45, 7) is 3.23. The number of amides is 2. The minimum atomic E-state index is -1.04. The molecule has 1 atom stereocenters. The van der Waals surface area contributed by atoms with Gasteiger partial charge in [0.25, 0.3) is 5.91 Å². The molecule has 2 fully saturated rings. The van der Waals surface area contributed by atoms with Crippen molar-refractivity contribution in [2.75, 3.05) is 51.3 Å². The number of piperidine rings is 1. The second-order valence-corrected chi connectivity index (χ2v) is 9.97. The summed E-state index contributed by atoms with van der Waals surface area (Å²) in [6, 6.07) is 12.7. The molecule has 4 heterocycles. The number of β-amino-alcohol motifs (C(OH)–C–C–N with tert-alkyl or cyclic N) is 1. The Hall–Kier alpha value is -3.72. The first-order valence-electron chi connectivity index (χ1n) is 12.9. The summed E-state index contributed by atoms with van der Waals surface area (Å²) in [5.74, 6) is 0.683. The first-order valence-corrected chi connectivity index (χ1v) is 12.9. The van der Waals surface area contributed by atoms with E-state index in [4.69, 9.17) is 4.74 Å². The molecule has 0 bridgehead atoms. The number of hydrogen-bond acceptors (Lipinski definition) is 7. The Balaban J connectivity index is 1.18. The molecule has 0 radical (unpaired) electrons. The van der Waals surface area contributed by atoms with E-state index in [1.54, 1.807) is 48.6 Å². The predicted molar refractivity (Wildman–Crippen MR) is 141 cm³/mol. The van der Waals surface area contributed by atoms with Gasteiger partial charge in [0.15, 0.2) is 0 Å². The van der Waals surface area contributed by atoms with Crippen LogP contribution in [-0.4, -0.2) is 88.7 Å². The summed E-state index contributed by atoms with van der Waals surface area (Å²) in [6.07, 6.45) is 6.47. The molecule has 0 spiro atoms. The van der Waals surface area contributed by atoms with Crippen molar-refractivity contribution >= 4 is 28.5 Å². The SMILES string of the molecule is CN(C[C@]1(O)CCCN(c2ccnc3cccnc23)C1)C(=O)c1ccc(OCCN2CCCC2=O)cc1. The molecule has 0 unspecified atom stereocenters. The summed E-state index contributed by atoms with van der Waals surface area (Å²) in [5.41, 5.74) is 2.07. The molecule has 9 heteroatoms. The molecule has 1 aromatic carbocycles. The molecule has 194 valence electrons. The number of aliphatic hydroxyl groups is 1. The van der Waals surface area contributed by atoms with E-state index in [2.05, 4.69) is 14.9 Å². The number of carbonyl (C=O) groups is 2. The Morgan fingerprint density at radius 3 is 2.73 bits per heavy atom. The molecule has 3 aromatic rings. The number of benzene rings is 1. The largest absolute Gasteiger partial charge is 0.492 e. The third kappa shape index (κ3) is 5.67. The van der Waals surface area contributed by atoms with Gasteiger partial charge in [-0.2, -0.15) is 0 Å². The van der Waals surface area contributed by atoms with Crippen LogP contribution in [0.4, 0.5) is 5.69 Å². The quantitative estimate of drug-likeness (QED) is 0.505. The van der Waals surface area contributed by atoms with Gasteiger partial charge >= 0.3 is 0 Å². The third-order valence-corrected chi connectivity index (χ3v) is 7.15. The van der Waals surface area contributed by atoms with Crippen LogP contribution in [0.2, 0.25) is 0 Å². The standard InChI is InChI=1S/C28H33N5O4/c1-31(27(35)21-7-9-22(10-8-21)37-18-17-32-15-3-6-25(32)34)19-28(36)12-4-16-33(20-28)24-11-14-29-23-5-2-13-30-26(23)24/h2,5,7-11,13-14,36H,3-4,6,12,15-20H2,1H3/t28-/m1/s1. The second kappa shape index (κ2) is 10.7. The van der Waals surface area contributed by atoms with Gasteiger partial charge in [-0.15, -0.1) is 0 Å². The molecule has 2 aliphatic rings. The summed E-state index contributed by atoms with van der Waals surface area (Å²) < 4.78 is 5.76. The minimum Gasteiger partial charge on any atom is -0.492 e. The van der Waals surface area contributed by atoms with Gasteiger partial charge in [0.05, 0.1) is 29.9 Å². The maximum absolute atomic E-state index is 13.1. The maximum atomic E-state index is 13.1. The van der Waals surface area contributed by atoms with E-state index in [1.807, 2.05) is 23.1 Å². The van der Waals surface area contributed by atoms with Crippen molar-refractivity contribution < 1.29 is 19.4 Å². The third-order valence-electron chi connectivity index (χ3n) is 7.15. The molecule has 1 N–H and O–H groups in total. The summed E-state index contributed by atoms with van der Waals surface area (Å²) in [5, 5.41) is 11.5. The molecule has 2 aromatic heterocycles. The lowest BCUT2D eigenvalue weighted by Gasteiger charge is -2.42. The fourth-order valence-corrected chi connectivity index (χ4v) is 5.31. The van der Waals surface area contributed by atoms with Crippen molar-refractivity contribution in [1.82, 2.24) is 19.8 Å². The number of nitrogens with zero attached hydrogens (tertiary/aromatic N) is 5. The molecule has 0 saturated carbocycles. The number of carbonyl (C=O) groups excluding carboxylic acids is 2. The second-order valence-electron chi connectivity index (χ2n) is 9.97. The lowest BCUT2D eigenvalue weighted by atomic mass is 9.91. The highest BCUT2D eigenvalue weighted by Gasteiger charge is 2.36. The number of aromatic nitrogens is 2. The molecule has 2 amide bonds. The van der Waals surface area contributed by atoms with E-state index in [1.165, 1.54) is 0 Å². The van der Waals surface area contributed by atoms with Crippen molar-refractivity contribution in [3.8, 4) is 5.75 Å². The van der Waals surface area contributed by atoms with Gasteiger partial charge in [-0.3, -0.25) is 19.6 Å². The van der Waals surface area contributed by atoms with E-state index < -0.39 is 5.60 Å². The van der Waals surface area contributed by atoms with Crippen LogP contribution in [0.1, 0.15) is 36.0 Å². The zero-order valence-electron chi connectivity index (χ0n) is 21.2. The number of rotatable bonds is 8. The van der Waals surface area contributed by atoms with Crippen molar-refractivity contribution in [3.63, 3.8) is 0 Å². The summed E-state index contributed by atoms with van der Waals surface area (Å²) >= 11 is 0. The van der Waals surface area contributed by atoms with Crippen LogP contribution in [0.5, 0.6) is 5.75 Å². The van der Waals surface area contributed by atoms with E-state index in [-0.39, 0.29) is 18.4 Å². The fourth-order valence-electron chi connectivity index (χ4n) is 5.31. The zero-order valence-corrected chi connectivity index (χ0v) is 21.2. The van der Waals surface area contributed by atoms with E-state index >= 15 is 0 Å². The minimum absolute atomic E-state index is 0.157. The van der Waals surface area contributed by atoms with Crippen LogP contribution >= 0.6 is 0 Å². The number of likely N-dealkylation sites (tertiary alicyclic amines) is 1. The van der Waals surface area contributed by atoms with Crippen LogP contribution in [0.3, 0.4) is 0 Å². The van der Waals surface area contributed by atoms with Gasteiger partial charge in [-0.05, 0) is 61.7 Å². The first kappa shape index (κ1) is 25.0. The van der Waals surface area contributed by atoms with Crippen LogP contribution in [-0.2, 0) is 4.79 Å². The van der Waals surface area contributed by atoms with Gasteiger partial charge in [-0.25, -0.2) is 0 Å². The van der Waals surface area contributed by atoms with Crippen LogP contribution in [0.15, 0.2) is 54.9 Å². The normalized spacial score (nSPS) is 19.9. The van der Waals surface area contributed by atoms with Gasteiger partial charge in [0, 0.05) is 51.1 Å². The Labute approximate surface area is 216 Å². The highest BCUT2D eigenvalue weighted by molar-refractivity contribution is 5.94. The number of likely N-dealkylation sites (N-methyl/N-ethyl adjacent to an activating group) is 1. The Morgan fingerprint density at radius 1 is 1.11 bits per heavy atom. The molecule has 2 saturated heterocycles. The lowest BCUT2D eigenvalue weighted by molar-refractivity contribution is -0.128. The molecule has 5 rings (SSSR count). The molecule has 2 aliphatic heterocycles. The Bertz CT molecular complexity index is 1260. The number of hydrogen-bond donors (Lipinski definition) is 1. The van der Waals surface area contributed by atoms with Crippen LogP contribution in [0, 0.1) is 0 Å². The number of ether oxygens (including phenoxy) is 1. The van der Waals surface area contributed by atoms with Gasteiger partial charge in [-0.1, -0.05) is 0 Å². The van der Waals surface area contributed by atoms with Crippen molar-refractivity contribution in [1.29, 1.82) is 0 Å². The Kier molecular flexibility index (Phi) is 7.23. The Morgan fingerprint density at radius 2 is 1.95 bits per heavy atom. The van der Waals surface area contributed by atoms with Crippen molar-refractivity contribution in [3.05, 3.63) is 60.4 Å². The summed E-state index contributed by atoms with van der Waals surface area (Å²) in [4.78, 5) is 39.3. The smallest absolute Gasteiger partial charge is 0.253 e. The first-order chi connectivity index (χ1) is 17.9. The van der Waals surface area contributed by atoms with Crippen LogP contribution in [0.25, 0.3) is 11.0 Å². The summed E-state index contributed by atoms with van der Waals surface area (Å²) in [7, 11) is 1.72. The molecule has 0 aliphatic carbocycles. The highest BCUT2D eigenvalue weighted by Crippen LogP contribution is 2.30. The predicted octanol–water partition coefficient (Wildman–Crippen LogP) is 2.73. The average Bonchev–Trinajstić information content (AvgIpc) is 3.32. The highest BCUT2D eigenvalue weighted by atomic mass is 16.5. The van der Waals surface area contributed by atoms with E-state index in [9.17, 15) is 14.7 Å². The van der Waals surface area contributed by atoms with Gasteiger partial charge in [0.1, 0.15) is 17.9 Å². The molecular formula is C28H33N5O4. The van der Waals surface area contributed by atoms with Gasteiger partial charge in [0.2, 0.25) is 5.91 Å². The number of pyridine rings is 2. The lowest BCUT2D eigenvalue weighted by Crippen LogP contribution is -2.54. The molecule has 9 nitrogen and oxygen atoms in total. The zero-order chi connectivity index (χ0) is 25.8. The van der Waals surface area contributed by atoms with Crippen LogP contribution < -0.4 is 9.64 Å². The van der Waals surface area contributed by atoms with Gasteiger partial charge < -0.3 is 24.5 Å². The molecular weight excluding hydrogens is 470 g/mol. The molecule has 37 heavy (non-hydrogen) atoms. The number of fused-ring (bicyclic) bond motifs is 1. The van der Waals surface area contributed by atoms with E-state index in [0.717, 1.165) is 42.7 Å².